The summed E-state index contributed by atoms with van der Waals surface area (Å²) in [4.78, 5) is 0. The molecule has 14 heavy (non-hydrogen) atoms. The highest BCUT2D eigenvalue weighted by molar-refractivity contribution is 7.90. The van der Waals surface area contributed by atoms with Crippen LogP contribution in [-0.2, 0) is 10.2 Å². The Balaban J connectivity index is 3.02. The monoisotopic (exact) mass is 216 g/mol. The molecule has 0 unspecified atom stereocenters. The molecule has 0 aromatic heterocycles. The maximum atomic E-state index is 11.1. The van der Waals surface area contributed by atoms with Crippen LogP contribution in [-0.4, -0.2) is 26.7 Å². The molecule has 0 bridgehead atoms. The van der Waals surface area contributed by atoms with E-state index in [2.05, 4.69) is 0 Å². The van der Waals surface area contributed by atoms with E-state index in [1.807, 2.05) is 0 Å². The van der Waals surface area contributed by atoms with Gasteiger partial charge in [0.25, 0.3) is 10.2 Å². The van der Waals surface area contributed by atoms with Gasteiger partial charge in [-0.05, 0) is 12.1 Å². The summed E-state index contributed by atoms with van der Waals surface area (Å²) in [5.74, 6) is 0. The van der Waals surface area contributed by atoms with Crippen molar-refractivity contribution in [3.63, 3.8) is 0 Å². The Kier molecular flexibility index (Phi) is 3.45. The van der Waals surface area contributed by atoms with Crippen molar-refractivity contribution in [3.8, 4) is 0 Å². The summed E-state index contributed by atoms with van der Waals surface area (Å²) in [6, 6.07) is 8.39. The lowest BCUT2D eigenvalue weighted by Crippen LogP contribution is -2.38. The van der Waals surface area contributed by atoms with E-state index in [0.717, 1.165) is 4.31 Å². The van der Waals surface area contributed by atoms with Gasteiger partial charge in [-0.2, -0.15) is 8.42 Å². The van der Waals surface area contributed by atoms with Crippen molar-refractivity contribution in [2.75, 3.05) is 17.5 Å². The van der Waals surface area contributed by atoms with Crippen LogP contribution in [0.25, 0.3) is 0 Å². The molecule has 0 aliphatic rings. The summed E-state index contributed by atoms with van der Waals surface area (Å²) in [5, 5.41) is 13.7. The van der Waals surface area contributed by atoms with Crippen molar-refractivity contribution in [1.29, 1.82) is 0 Å². The molecule has 1 aromatic rings. The Morgan fingerprint density at radius 1 is 1.29 bits per heavy atom. The van der Waals surface area contributed by atoms with Crippen molar-refractivity contribution in [2.45, 2.75) is 0 Å². The highest BCUT2D eigenvalue weighted by Gasteiger charge is 2.16. The van der Waals surface area contributed by atoms with Crippen LogP contribution in [0, 0.1) is 0 Å². The second-order valence-corrected chi connectivity index (χ2v) is 4.15. The lowest BCUT2D eigenvalue weighted by Gasteiger charge is -2.20. The predicted octanol–water partition coefficient (Wildman–Crippen LogP) is -0.311. The van der Waals surface area contributed by atoms with Gasteiger partial charge in [-0.25, -0.2) is 5.14 Å². The average Bonchev–Trinajstić information content (AvgIpc) is 2.14. The van der Waals surface area contributed by atoms with Crippen LogP contribution < -0.4 is 9.44 Å². The molecule has 1 aromatic carbocycles. The fourth-order valence-electron chi connectivity index (χ4n) is 1.09. The van der Waals surface area contributed by atoms with E-state index in [1.54, 1.807) is 30.3 Å². The topological polar surface area (TPSA) is 83.6 Å². The molecule has 3 N–H and O–H groups in total. The number of hydrogen-bond acceptors (Lipinski definition) is 3. The first-order valence-corrected chi connectivity index (χ1v) is 5.52. The minimum absolute atomic E-state index is 0.0388. The maximum absolute atomic E-state index is 11.1. The van der Waals surface area contributed by atoms with Crippen molar-refractivity contribution >= 4 is 15.9 Å². The Morgan fingerprint density at radius 3 is 2.29 bits per heavy atom. The number of anilines is 1. The first-order valence-electron chi connectivity index (χ1n) is 4.02. The van der Waals surface area contributed by atoms with Gasteiger partial charge in [0.15, 0.2) is 0 Å². The molecule has 0 saturated carbocycles. The van der Waals surface area contributed by atoms with E-state index in [1.165, 1.54) is 0 Å². The fraction of sp³-hybridized carbons (Fsp3) is 0.250. The van der Waals surface area contributed by atoms with E-state index in [-0.39, 0.29) is 13.2 Å². The van der Waals surface area contributed by atoms with Crippen LogP contribution in [0.2, 0.25) is 0 Å². The highest BCUT2D eigenvalue weighted by Crippen LogP contribution is 2.14. The maximum Gasteiger partial charge on any atom is 0.299 e. The molecule has 0 heterocycles. The predicted molar refractivity (Wildman–Crippen MR) is 54.0 cm³/mol. The van der Waals surface area contributed by atoms with Crippen LogP contribution in [0.15, 0.2) is 30.3 Å². The van der Waals surface area contributed by atoms with Crippen LogP contribution >= 0.6 is 0 Å². The number of para-hydroxylation sites is 1. The second kappa shape index (κ2) is 4.41. The van der Waals surface area contributed by atoms with Crippen LogP contribution in [0.4, 0.5) is 5.69 Å². The average molecular weight is 216 g/mol. The molecule has 0 aliphatic heterocycles. The quantitative estimate of drug-likeness (QED) is 0.724. The summed E-state index contributed by atoms with van der Waals surface area (Å²) in [5.41, 5.74) is 0.448. The zero-order valence-corrected chi connectivity index (χ0v) is 8.31. The Hall–Kier alpha value is -1.11. The van der Waals surface area contributed by atoms with Gasteiger partial charge in [0, 0.05) is 0 Å². The number of rotatable bonds is 4. The lowest BCUT2D eigenvalue weighted by molar-refractivity contribution is 0.306. The first-order chi connectivity index (χ1) is 6.55. The summed E-state index contributed by atoms with van der Waals surface area (Å²) >= 11 is 0. The summed E-state index contributed by atoms with van der Waals surface area (Å²) in [6.45, 7) is -0.311. The van der Waals surface area contributed by atoms with Gasteiger partial charge in [-0.3, -0.25) is 4.31 Å². The van der Waals surface area contributed by atoms with Gasteiger partial charge in [0.2, 0.25) is 0 Å². The van der Waals surface area contributed by atoms with Gasteiger partial charge in [0.05, 0.1) is 18.8 Å². The zero-order chi connectivity index (χ0) is 10.6. The summed E-state index contributed by atoms with van der Waals surface area (Å²) in [6.07, 6.45) is 0. The van der Waals surface area contributed by atoms with E-state index in [0.29, 0.717) is 5.69 Å². The fourth-order valence-corrected chi connectivity index (χ4v) is 1.84. The van der Waals surface area contributed by atoms with Gasteiger partial charge >= 0.3 is 0 Å². The van der Waals surface area contributed by atoms with Gasteiger partial charge in [-0.15, -0.1) is 0 Å². The molecule has 0 amide bonds. The van der Waals surface area contributed by atoms with Crippen LogP contribution in [0.3, 0.4) is 0 Å². The van der Waals surface area contributed by atoms with Crippen molar-refractivity contribution < 1.29 is 13.5 Å². The standard InChI is InChI=1S/C8H12N2O3S/c9-14(12,13)10(6-7-11)8-4-2-1-3-5-8/h1-5,11H,6-7H2,(H2,9,12,13). The Morgan fingerprint density at radius 2 is 1.86 bits per heavy atom. The summed E-state index contributed by atoms with van der Waals surface area (Å²) < 4.78 is 23.2. The molecule has 78 valence electrons. The SMILES string of the molecule is NS(=O)(=O)N(CCO)c1ccccc1. The molecule has 0 fully saturated rings. The third kappa shape index (κ3) is 2.69. The number of nitrogens with two attached hydrogens (primary N) is 1. The zero-order valence-electron chi connectivity index (χ0n) is 7.50. The Labute approximate surface area is 83.0 Å². The molecule has 5 nitrogen and oxygen atoms in total. The number of aliphatic hydroxyl groups excluding tert-OH is 1. The number of benzene rings is 1. The largest absolute Gasteiger partial charge is 0.394 e. The molecule has 6 heteroatoms. The van der Waals surface area contributed by atoms with E-state index in [4.69, 9.17) is 10.2 Å². The van der Waals surface area contributed by atoms with Gasteiger partial charge in [0.1, 0.15) is 0 Å². The van der Waals surface area contributed by atoms with Gasteiger partial charge in [-0.1, -0.05) is 18.2 Å². The van der Waals surface area contributed by atoms with E-state index < -0.39 is 10.2 Å². The van der Waals surface area contributed by atoms with Crippen LogP contribution in [0.5, 0.6) is 0 Å². The van der Waals surface area contributed by atoms with Crippen LogP contribution in [0.1, 0.15) is 0 Å². The van der Waals surface area contributed by atoms with Crippen molar-refractivity contribution in [3.05, 3.63) is 30.3 Å². The molecule has 0 atom stereocenters. The first kappa shape index (κ1) is 11.0. The number of aliphatic hydroxyl groups is 1. The van der Waals surface area contributed by atoms with Crippen molar-refractivity contribution in [1.82, 2.24) is 0 Å². The minimum Gasteiger partial charge on any atom is -0.394 e. The van der Waals surface area contributed by atoms with Crippen molar-refractivity contribution in [2.24, 2.45) is 5.14 Å². The van der Waals surface area contributed by atoms with Gasteiger partial charge < -0.3 is 5.11 Å². The van der Waals surface area contributed by atoms with E-state index >= 15 is 0 Å². The third-order valence-electron chi connectivity index (χ3n) is 1.65. The molecule has 0 saturated heterocycles. The summed E-state index contributed by atoms with van der Waals surface area (Å²) in [7, 11) is -3.81. The number of nitrogens with zero attached hydrogens (tertiary/aromatic N) is 1. The second-order valence-electron chi connectivity index (χ2n) is 2.68. The highest BCUT2D eigenvalue weighted by atomic mass is 32.2. The lowest BCUT2D eigenvalue weighted by atomic mass is 10.3. The minimum atomic E-state index is -3.81. The molecule has 0 spiro atoms. The molecule has 0 radical (unpaired) electrons. The molecule has 0 aliphatic carbocycles. The molecular formula is C8H12N2O3S. The molecule has 1 rings (SSSR count). The normalized spacial score (nSPS) is 11.3. The Bertz CT molecular complexity index is 377. The molecular weight excluding hydrogens is 204 g/mol. The smallest absolute Gasteiger partial charge is 0.299 e. The third-order valence-corrected chi connectivity index (χ3v) is 2.66. The number of hydrogen-bond donors (Lipinski definition) is 2. The van der Waals surface area contributed by atoms with E-state index in [9.17, 15) is 8.42 Å².